The van der Waals surface area contributed by atoms with E-state index < -0.39 is 11.8 Å². The van der Waals surface area contributed by atoms with Crippen molar-refractivity contribution >= 4 is 23.4 Å². The molecule has 1 saturated heterocycles. The lowest BCUT2D eigenvalue weighted by Crippen LogP contribution is -2.70. The van der Waals surface area contributed by atoms with E-state index in [-0.39, 0.29) is 42.5 Å². The van der Waals surface area contributed by atoms with Crippen LogP contribution in [0.25, 0.3) is 0 Å². The van der Waals surface area contributed by atoms with Crippen LogP contribution in [-0.4, -0.2) is 46.0 Å². The fourth-order valence-electron chi connectivity index (χ4n) is 5.10. The lowest BCUT2D eigenvalue weighted by molar-refractivity contribution is -0.134. The third kappa shape index (κ3) is 4.13. The molecule has 0 aromatic heterocycles. The van der Waals surface area contributed by atoms with E-state index in [1.54, 1.807) is 36.1 Å². The molecule has 7 heteroatoms. The molecule has 0 saturated carbocycles. The maximum atomic E-state index is 13.9. The smallest absolute Gasteiger partial charge is 0.267 e. The topological polar surface area (TPSA) is 90.0 Å². The molecule has 2 aliphatic rings. The van der Waals surface area contributed by atoms with Gasteiger partial charge >= 0.3 is 0 Å². The molecule has 2 aliphatic heterocycles. The largest absolute Gasteiger partial charge is 0.393 e. The summed E-state index contributed by atoms with van der Waals surface area (Å²) < 4.78 is 0. The Kier molecular flexibility index (Phi) is 6.01. The zero-order valence-corrected chi connectivity index (χ0v) is 19.4. The van der Waals surface area contributed by atoms with E-state index in [2.05, 4.69) is 5.32 Å². The lowest BCUT2D eigenvalue weighted by Gasteiger charge is -2.49. The van der Waals surface area contributed by atoms with Gasteiger partial charge in [-0.05, 0) is 36.5 Å². The summed E-state index contributed by atoms with van der Waals surface area (Å²) in [7, 11) is 0. The minimum absolute atomic E-state index is 0.175. The van der Waals surface area contributed by atoms with Crippen LogP contribution in [0.4, 0.5) is 5.69 Å². The van der Waals surface area contributed by atoms with Crippen molar-refractivity contribution in [3.05, 3.63) is 65.7 Å². The number of benzene rings is 2. The fraction of sp³-hybridized carbons (Fsp3) is 0.423. The van der Waals surface area contributed by atoms with Gasteiger partial charge in [0, 0.05) is 25.9 Å². The molecule has 0 spiro atoms. The van der Waals surface area contributed by atoms with Gasteiger partial charge < -0.3 is 15.3 Å². The molecular weight excluding hydrogens is 418 g/mol. The number of hydrogen-bond acceptors (Lipinski definition) is 4. The number of para-hydroxylation sites is 1. The van der Waals surface area contributed by atoms with Crippen LogP contribution in [0.5, 0.6) is 0 Å². The molecule has 0 bridgehead atoms. The summed E-state index contributed by atoms with van der Waals surface area (Å²) in [6, 6.07) is 16.5. The van der Waals surface area contributed by atoms with Crippen molar-refractivity contribution in [2.24, 2.45) is 5.41 Å². The number of nitrogens with one attached hydrogen (secondary N) is 1. The highest BCUT2D eigenvalue weighted by Crippen LogP contribution is 2.45. The molecule has 1 fully saturated rings. The van der Waals surface area contributed by atoms with E-state index in [0.717, 1.165) is 5.56 Å². The average Bonchev–Trinajstić information content (AvgIpc) is 3.13. The molecule has 2 aromatic carbocycles. The first-order chi connectivity index (χ1) is 15.7. The SMILES string of the molecule is CC(O)CC(C)(C)CNC(=O)C12CCC(=O)N1c1ccccc1C(=O)N2Cc1ccccc1. The predicted molar refractivity (Wildman–Crippen MR) is 125 cm³/mol. The fourth-order valence-corrected chi connectivity index (χ4v) is 5.10. The van der Waals surface area contributed by atoms with Crippen molar-refractivity contribution in [3.8, 4) is 0 Å². The second-order valence-electron chi connectivity index (χ2n) is 9.84. The van der Waals surface area contributed by atoms with Gasteiger partial charge in [0.05, 0.1) is 17.4 Å². The Labute approximate surface area is 194 Å². The van der Waals surface area contributed by atoms with Gasteiger partial charge in [0.25, 0.3) is 11.8 Å². The van der Waals surface area contributed by atoms with Crippen molar-refractivity contribution < 1.29 is 19.5 Å². The summed E-state index contributed by atoms with van der Waals surface area (Å²) in [5.74, 6) is -0.809. The maximum absolute atomic E-state index is 13.9. The number of fused-ring (bicyclic) bond motifs is 3. The van der Waals surface area contributed by atoms with E-state index in [1.165, 1.54) is 4.90 Å². The molecule has 2 unspecified atom stereocenters. The standard InChI is InChI=1S/C26H31N3O4/c1-18(30)15-25(2,3)17-27-24(33)26-14-13-22(31)29(26)21-12-8-7-11-20(21)23(32)28(26)16-19-9-5-4-6-10-19/h4-12,18,30H,13-17H2,1-3H3,(H,27,33). The number of carbonyl (C=O) groups excluding carboxylic acids is 3. The molecule has 2 N–H and O–H groups in total. The van der Waals surface area contributed by atoms with E-state index in [0.29, 0.717) is 24.2 Å². The second-order valence-corrected chi connectivity index (χ2v) is 9.84. The molecule has 7 nitrogen and oxygen atoms in total. The Balaban J connectivity index is 1.76. The van der Waals surface area contributed by atoms with Crippen molar-refractivity contribution in [3.63, 3.8) is 0 Å². The molecule has 2 aromatic rings. The molecule has 33 heavy (non-hydrogen) atoms. The third-order valence-corrected chi connectivity index (χ3v) is 6.50. The Morgan fingerprint density at radius 1 is 1.12 bits per heavy atom. The van der Waals surface area contributed by atoms with Crippen molar-refractivity contribution in [2.45, 2.75) is 58.3 Å². The Bertz CT molecular complexity index is 1070. The molecule has 2 heterocycles. The van der Waals surface area contributed by atoms with Crippen LogP contribution in [0.2, 0.25) is 0 Å². The van der Waals surface area contributed by atoms with Crippen LogP contribution >= 0.6 is 0 Å². The summed E-state index contributed by atoms with van der Waals surface area (Å²) in [4.78, 5) is 43.7. The first-order valence-corrected chi connectivity index (χ1v) is 11.4. The summed E-state index contributed by atoms with van der Waals surface area (Å²) in [6.07, 6.45) is 0.411. The van der Waals surface area contributed by atoms with Crippen LogP contribution in [0.1, 0.15) is 56.0 Å². The Morgan fingerprint density at radius 3 is 2.48 bits per heavy atom. The first-order valence-electron chi connectivity index (χ1n) is 11.4. The zero-order chi connectivity index (χ0) is 23.8. The highest BCUT2D eigenvalue weighted by molar-refractivity contribution is 6.16. The minimum atomic E-state index is -1.43. The summed E-state index contributed by atoms with van der Waals surface area (Å²) in [5.41, 5.74) is -0.00557. The van der Waals surface area contributed by atoms with E-state index in [1.807, 2.05) is 44.2 Å². The number of aliphatic hydroxyl groups excluding tert-OH is 1. The van der Waals surface area contributed by atoms with Gasteiger partial charge in [-0.25, -0.2) is 0 Å². The Hall–Kier alpha value is -3.19. The molecule has 4 rings (SSSR count). The van der Waals surface area contributed by atoms with Crippen LogP contribution in [-0.2, 0) is 16.1 Å². The molecule has 174 valence electrons. The van der Waals surface area contributed by atoms with Crippen molar-refractivity contribution in [1.29, 1.82) is 0 Å². The van der Waals surface area contributed by atoms with Gasteiger partial charge in [-0.3, -0.25) is 19.3 Å². The van der Waals surface area contributed by atoms with Gasteiger partial charge in [-0.1, -0.05) is 56.3 Å². The Morgan fingerprint density at radius 2 is 1.79 bits per heavy atom. The van der Waals surface area contributed by atoms with Gasteiger partial charge in [0.1, 0.15) is 0 Å². The van der Waals surface area contributed by atoms with Crippen LogP contribution < -0.4 is 10.2 Å². The lowest BCUT2D eigenvalue weighted by atomic mass is 9.86. The normalized spacial score (nSPS) is 21.0. The minimum Gasteiger partial charge on any atom is -0.393 e. The number of carbonyl (C=O) groups is 3. The number of anilines is 1. The van der Waals surface area contributed by atoms with Crippen LogP contribution in [0.15, 0.2) is 54.6 Å². The predicted octanol–water partition coefficient (Wildman–Crippen LogP) is 3.08. The van der Waals surface area contributed by atoms with Crippen LogP contribution in [0.3, 0.4) is 0 Å². The van der Waals surface area contributed by atoms with Gasteiger partial charge in [0.15, 0.2) is 0 Å². The average molecular weight is 450 g/mol. The van der Waals surface area contributed by atoms with Crippen molar-refractivity contribution in [1.82, 2.24) is 10.2 Å². The highest BCUT2D eigenvalue weighted by atomic mass is 16.3. The van der Waals surface area contributed by atoms with Crippen molar-refractivity contribution in [2.75, 3.05) is 11.4 Å². The summed E-state index contributed by atoms with van der Waals surface area (Å²) in [5, 5.41) is 12.8. The van der Waals surface area contributed by atoms with Gasteiger partial charge in [-0.15, -0.1) is 0 Å². The molecule has 0 aliphatic carbocycles. The monoisotopic (exact) mass is 449 g/mol. The maximum Gasteiger partial charge on any atom is 0.267 e. The number of aliphatic hydroxyl groups is 1. The van der Waals surface area contributed by atoms with Gasteiger partial charge in [-0.2, -0.15) is 0 Å². The zero-order valence-electron chi connectivity index (χ0n) is 19.4. The molecule has 2 atom stereocenters. The molecule has 3 amide bonds. The van der Waals surface area contributed by atoms with Gasteiger partial charge in [0.2, 0.25) is 11.6 Å². The van der Waals surface area contributed by atoms with E-state index in [4.69, 9.17) is 0 Å². The van der Waals surface area contributed by atoms with E-state index >= 15 is 0 Å². The quantitative estimate of drug-likeness (QED) is 0.680. The molecule has 0 radical (unpaired) electrons. The third-order valence-electron chi connectivity index (χ3n) is 6.50. The number of amides is 3. The number of hydrogen-bond donors (Lipinski definition) is 2. The second kappa shape index (κ2) is 8.63. The summed E-state index contributed by atoms with van der Waals surface area (Å²) in [6.45, 7) is 6.19. The number of rotatable bonds is 7. The molecular formula is C26H31N3O4. The number of nitrogens with zero attached hydrogens (tertiary/aromatic N) is 2. The van der Waals surface area contributed by atoms with E-state index in [9.17, 15) is 19.5 Å². The first kappa shape index (κ1) is 23.0. The van der Waals surface area contributed by atoms with Crippen LogP contribution in [0, 0.1) is 5.41 Å². The summed E-state index contributed by atoms with van der Waals surface area (Å²) >= 11 is 0. The highest BCUT2D eigenvalue weighted by Gasteiger charge is 2.60.